The molecule has 0 amide bonds. The molecule has 1 N–H and O–H groups in total. The summed E-state index contributed by atoms with van der Waals surface area (Å²) in [6.45, 7) is 0. The van der Waals surface area contributed by atoms with Gasteiger partial charge in [0.15, 0.2) is 11.6 Å². The van der Waals surface area contributed by atoms with Gasteiger partial charge in [-0.05, 0) is 29.8 Å². The zero-order valence-corrected chi connectivity index (χ0v) is 11.3. The lowest BCUT2D eigenvalue weighted by Gasteiger charge is -2.12. The van der Waals surface area contributed by atoms with Gasteiger partial charge in [0.2, 0.25) is 0 Å². The lowest BCUT2D eigenvalue weighted by molar-refractivity contribution is 0.173. The van der Waals surface area contributed by atoms with Crippen LogP contribution in [0.1, 0.15) is 17.2 Å². The van der Waals surface area contributed by atoms with Crippen LogP contribution in [0, 0.1) is 17.5 Å². The minimum Gasteiger partial charge on any atom is -0.388 e. The van der Waals surface area contributed by atoms with E-state index in [9.17, 15) is 18.3 Å². The Morgan fingerprint density at radius 2 is 1.68 bits per heavy atom. The standard InChI is InChI=1S/C14H10BrF3O/c15-9-2-3-10(12(17)7-9)14(19)6-8-1-4-11(16)13(18)5-8/h1-5,7,14,19H,6H2. The summed E-state index contributed by atoms with van der Waals surface area (Å²) in [7, 11) is 0. The fourth-order valence-corrected chi connectivity index (χ4v) is 2.10. The first-order valence-electron chi connectivity index (χ1n) is 5.54. The van der Waals surface area contributed by atoms with Crippen molar-refractivity contribution in [3.05, 3.63) is 69.4 Å². The van der Waals surface area contributed by atoms with Crippen molar-refractivity contribution in [3.63, 3.8) is 0 Å². The highest BCUT2D eigenvalue weighted by molar-refractivity contribution is 9.10. The maximum absolute atomic E-state index is 13.6. The van der Waals surface area contributed by atoms with Crippen molar-refractivity contribution < 1.29 is 18.3 Å². The van der Waals surface area contributed by atoms with Crippen LogP contribution in [0.2, 0.25) is 0 Å². The third-order valence-electron chi connectivity index (χ3n) is 2.73. The Kier molecular flexibility index (Phi) is 4.27. The van der Waals surface area contributed by atoms with Crippen molar-refractivity contribution in [2.45, 2.75) is 12.5 Å². The van der Waals surface area contributed by atoms with E-state index in [0.717, 1.165) is 12.1 Å². The molecule has 0 fully saturated rings. The zero-order valence-electron chi connectivity index (χ0n) is 9.71. The van der Waals surface area contributed by atoms with E-state index in [1.165, 1.54) is 18.2 Å². The van der Waals surface area contributed by atoms with Gasteiger partial charge in [0, 0.05) is 16.5 Å². The number of halogens is 4. The average Bonchev–Trinajstić information content (AvgIpc) is 2.33. The van der Waals surface area contributed by atoms with E-state index in [1.807, 2.05) is 0 Å². The molecule has 0 radical (unpaired) electrons. The number of aliphatic hydroxyl groups excluding tert-OH is 1. The van der Waals surface area contributed by atoms with E-state index < -0.39 is 23.6 Å². The lowest BCUT2D eigenvalue weighted by Crippen LogP contribution is -2.05. The summed E-state index contributed by atoms with van der Waals surface area (Å²) >= 11 is 3.12. The Labute approximate surface area is 116 Å². The van der Waals surface area contributed by atoms with Crippen LogP contribution < -0.4 is 0 Å². The third-order valence-corrected chi connectivity index (χ3v) is 3.23. The second-order valence-electron chi connectivity index (χ2n) is 4.13. The molecule has 2 rings (SSSR count). The Morgan fingerprint density at radius 1 is 0.947 bits per heavy atom. The highest BCUT2D eigenvalue weighted by Crippen LogP contribution is 2.24. The SMILES string of the molecule is OC(Cc1ccc(F)c(F)c1)c1ccc(Br)cc1F. The average molecular weight is 331 g/mol. The summed E-state index contributed by atoms with van der Waals surface area (Å²) in [6.07, 6.45) is -1.10. The minimum atomic E-state index is -1.11. The topological polar surface area (TPSA) is 20.2 Å². The molecule has 1 unspecified atom stereocenters. The van der Waals surface area contributed by atoms with Crippen molar-refractivity contribution in [2.75, 3.05) is 0 Å². The summed E-state index contributed by atoms with van der Waals surface area (Å²) in [5.41, 5.74) is 0.515. The molecular formula is C14H10BrF3O. The maximum atomic E-state index is 13.6. The second kappa shape index (κ2) is 5.75. The second-order valence-corrected chi connectivity index (χ2v) is 5.05. The van der Waals surface area contributed by atoms with Gasteiger partial charge in [0.25, 0.3) is 0 Å². The molecule has 1 nitrogen and oxygen atoms in total. The molecule has 1 atom stereocenters. The molecule has 0 saturated heterocycles. The smallest absolute Gasteiger partial charge is 0.159 e. The van der Waals surface area contributed by atoms with E-state index in [2.05, 4.69) is 15.9 Å². The number of benzene rings is 2. The van der Waals surface area contributed by atoms with Gasteiger partial charge in [-0.2, -0.15) is 0 Å². The molecule has 0 aliphatic carbocycles. The monoisotopic (exact) mass is 330 g/mol. The normalized spacial score (nSPS) is 12.5. The molecule has 19 heavy (non-hydrogen) atoms. The fraction of sp³-hybridized carbons (Fsp3) is 0.143. The van der Waals surface area contributed by atoms with E-state index >= 15 is 0 Å². The molecule has 2 aromatic carbocycles. The van der Waals surface area contributed by atoms with Crippen LogP contribution in [0.25, 0.3) is 0 Å². The van der Waals surface area contributed by atoms with Gasteiger partial charge in [0.05, 0.1) is 6.10 Å². The van der Waals surface area contributed by atoms with Crippen LogP contribution in [0.15, 0.2) is 40.9 Å². The maximum Gasteiger partial charge on any atom is 0.159 e. The molecule has 0 bridgehead atoms. The molecule has 0 aliphatic rings. The van der Waals surface area contributed by atoms with Gasteiger partial charge in [-0.25, -0.2) is 13.2 Å². The summed E-state index contributed by atoms with van der Waals surface area (Å²) in [4.78, 5) is 0. The Bertz CT molecular complexity index is 601. The van der Waals surface area contributed by atoms with Crippen LogP contribution in [-0.4, -0.2) is 5.11 Å². The largest absolute Gasteiger partial charge is 0.388 e. The van der Waals surface area contributed by atoms with Crippen molar-refractivity contribution in [1.29, 1.82) is 0 Å². The summed E-state index contributed by atoms with van der Waals surface area (Å²) in [6, 6.07) is 7.63. The zero-order chi connectivity index (χ0) is 14.0. The Hall–Kier alpha value is -1.33. The minimum absolute atomic E-state index is 0.00967. The van der Waals surface area contributed by atoms with E-state index in [4.69, 9.17) is 0 Å². The predicted molar refractivity (Wildman–Crippen MR) is 69.1 cm³/mol. The first-order valence-corrected chi connectivity index (χ1v) is 6.33. The highest BCUT2D eigenvalue weighted by atomic mass is 79.9. The highest BCUT2D eigenvalue weighted by Gasteiger charge is 2.14. The van der Waals surface area contributed by atoms with Gasteiger partial charge in [-0.3, -0.25) is 0 Å². The molecular weight excluding hydrogens is 321 g/mol. The van der Waals surface area contributed by atoms with Crippen LogP contribution in [-0.2, 0) is 6.42 Å². The number of aliphatic hydroxyl groups is 1. The summed E-state index contributed by atoms with van der Waals surface area (Å²) < 4.78 is 40.0. The van der Waals surface area contributed by atoms with Gasteiger partial charge in [0.1, 0.15) is 5.82 Å². The van der Waals surface area contributed by atoms with Crippen molar-refractivity contribution in [3.8, 4) is 0 Å². The predicted octanol–water partition coefficient (Wildman–Crippen LogP) is 4.14. The van der Waals surface area contributed by atoms with E-state index in [-0.39, 0.29) is 12.0 Å². The number of hydrogen-bond donors (Lipinski definition) is 1. The molecule has 100 valence electrons. The third kappa shape index (κ3) is 3.36. The van der Waals surface area contributed by atoms with Gasteiger partial charge in [-0.1, -0.05) is 28.1 Å². The molecule has 0 heterocycles. The number of hydrogen-bond acceptors (Lipinski definition) is 1. The van der Waals surface area contributed by atoms with E-state index in [0.29, 0.717) is 10.0 Å². The number of rotatable bonds is 3. The van der Waals surface area contributed by atoms with Crippen molar-refractivity contribution in [2.24, 2.45) is 0 Å². The van der Waals surface area contributed by atoms with Crippen molar-refractivity contribution in [1.82, 2.24) is 0 Å². The van der Waals surface area contributed by atoms with Gasteiger partial charge in [-0.15, -0.1) is 0 Å². The molecule has 0 aliphatic heterocycles. The fourth-order valence-electron chi connectivity index (χ4n) is 1.77. The molecule has 2 aromatic rings. The van der Waals surface area contributed by atoms with Crippen LogP contribution in [0.3, 0.4) is 0 Å². The molecule has 0 aromatic heterocycles. The van der Waals surface area contributed by atoms with Crippen molar-refractivity contribution >= 4 is 15.9 Å². The molecule has 0 spiro atoms. The Morgan fingerprint density at radius 3 is 2.32 bits per heavy atom. The lowest BCUT2D eigenvalue weighted by atomic mass is 10.0. The van der Waals surface area contributed by atoms with Crippen LogP contribution in [0.4, 0.5) is 13.2 Å². The molecule has 0 saturated carbocycles. The van der Waals surface area contributed by atoms with Crippen LogP contribution in [0.5, 0.6) is 0 Å². The van der Waals surface area contributed by atoms with Crippen LogP contribution >= 0.6 is 15.9 Å². The summed E-state index contributed by atoms with van der Waals surface area (Å²) in [5, 5.41) is 9.93. The van der Waals surface area contributed by atoms with Gasteiger partial charge < -0.3 is 5.11 Å². The first kappa shape index (κ1) is 14.1. The van der Waals surface area contributed by atoms with Gasteiger partial charge >= 0.3 is 0 Å². The quantitative estimate of drug-likeness (QED) is 0.896. The first-order chi connectivity index (χ1) is 8.97. The van der Waals surface area contributed by atoms with E-state index in [1.54, 1.807) is 6.07 Å². The Balaban J connectivity index is 2.20. The molecule has 5 heteroatoms. The summed E-state index contributed by atoms with van der Waals surface area (Å²) in [5.74, 6) is -2.49.